The average molecular weight is 1510 g/mol. The van der Waals surface area contributed by atoms with Gasteiger partial charge >= 0.3 is 39.5 Å². The van der Waals surface area contributed by atoms with E-state index in [9.17, 15) is 43.2 Å². The van der Waals surface area contributed by atoms with Crippen molar-refractivity contribution in [1.29, 1.82) is 0 Å². The molecule has 17 nitrogen and oxygen atoms in total. The molecule has 0 aromatic rings. The molecule has 0 aromatic heterocycles. The third-order valence-corrected chi connectivity index (χ3v) is 21.7. The number of rotatable bonds is 84. The maximum absolute atomic E-state index is 13.1. The van der Waals surface area contributed by atoms with Crippen LogP contribution in [-0.4, -0.2) is 96.7 Å². The van der Waals surface area contributed by atoms with E-state index in [1.54, 1.807) is 0 Å². The van der Waals surface area contributed by atoms with Gasteiger partial charge < -0.3 is 33.8 Å². The number of phosphoric ester groups is 2. The highest BCUT2D eigenvalue weighted by molar-refractivity contribution is 7.47. The molecule has 612 valence electrons. The number of carbonyl (C=O) groups excluding carboxylic acids is 4. The molecule has 0 saturated carbocycles. The molecule has 0 saturated heterocycles. The average Bonchev–Trinajstić information content (AvgIpc) is 0.946. The minimum Gasteiger partial charge on any atom is -0.462 e. The highest BCUT2D eigenvalue weighted by Gasteiger charge is 2.30. The molecule has 0 spiro atoms. The fraction of sp³-hybridized carbons (Fsp3) is 0.952. The predicted octanol–water partition coefficient (Wildman–Crippen LogP) is 25.6. The molecule has 19 heteroatoms. The van der Waals surface area contributed by atoms with Gasteiger partial charge in [-0.15, -0.1) is 0 Å². The van der Waals surface area contributed by atoms with Crippen molar-refractivity contribution in [3.05, 3.63) is 0 Å². The lowest BCUT2D eigenvalue weighted by Gasteiger charge is -2.21. The van der Waals surface area contributed by atoms with Crippen LogP contribution in [0.25, 0.3) is 0 Å². The first-order valence-corrected chi connectivity index (χ1v) is 46.6. The molecule has 0 rings (SSSR count). The van der Waals surface area contributed by atoms with Crippen LogP contribution in [0.15, 0.2) is 0 Å². The highest BCUT2D eigenvalue weighted by Crippen LogP contribution is 2.45. The van der Waals surface area contributed by atoms with Gasteiger partial charge in [0.25, 0.3) is 0 Å². The molecule has 3 N–H and O–H groups in total. The van der Waals surface area contributed by atoms with E-state index in [0.717, 1.165) is 95.8 Å². The zero-order valence-electron chi connectivity index (χ0n) is 67.5. The first-order valence-electron chi connectivity index (χ1n) is 43.6. The number of hydrogen-bond acceptors (Lipinski definition) is 15. The van der Waals surface area contributed by atoms with Crippen molar-refractivity contribution in [2.45, 2.75) is 470 Å². The summed E-state index contributed by atoms with van der Waals surface area (Å²) in [5.74, 6) is -1.29. The van der Waals surface area contributed by atoms with Gasteiger partial charge in [0.05, 0.1) is 26.4 Å². The molecule has 0 aliphatic heterocycles. The molecule has 0 bridgehead atoms. The number of phosphoric acid groups is 2. The molecule has 2 unspecified atom stereocenters. The second kappa shape index (κ2) is 76.8. The van der Waals surface area contributed by atoms with Gasteiger partial charge in [-0.25, -0.2) is 9.13 Å². The SMILES string of the molecule is CCCCCCCCCCCCCCCCCCCC(=O)OC[C@H](COP(=O)(O)OC[C@@H](O)COP(=O)(O)OC[C@@H](COC(=O)CCCCCCCCCCCC)OC(=O)CCCCCCCCCCCCCCCCCCC)OC(=O)CCCCCCCCCCCCCCCCCCC(C)C. The van der Waals surface area contributed by atoms with E-state index in [4.69, 9.17) is 37.0 Å². The number of aliphatic hydroxyl groups excluding tert-OH is 1. The number of aliphatic hydroxyl groups is 1. The van der Waals surface area contributed by atoms with Crippen LogP contribution in [0.3, 0.4) is 0 Å². The van der Waals surface area contributed by atoms with E-state index < -0.39 is 97.5 Å². The van der Waals surface area contributed by atoms with Crippen LogP contribution in [0.2, 0.25) is 0 Å². The molecule has 0 fully saturated rings. The van der Waals surface area contributed by atoms with Crippen molar-refractivity contribution in [1.82, 2.24) is 0 Å². The van der Waals surface area contributed by atoms with Gasteiger partial charge in [-0.2, -0.15) is 0 Å². The topological polar surface area (TPSA) is 237 Å². The van der Waals surface area contributed by atoms with Gasteiger partial charge in [-0.3, -0.25) is 37.3 Å². The number of ether oxygens (including phenoxy) is 4. The molecule has 0 aromatic carbocycles. The third kappa shape index (κ3) is 78.0. The summed E-state index contributed by atoms with van der Waals surface area (Å²) in [6, 6.07) is 0. The normalized spacial score (nSPS) is 13.8. The Labute approximate surface area is 632 Å². The van der Waals surface area contributed by atoms with E-state index in [2.05, 4.69) is 34.6 Å². The summed E-state index contributed by atoms with van der Waals surface area (Å²) in [7, 11) is -9.92. The summed E-state index contributed by atoms with van der Waals surface area (Å²) in [5.41, 5.74) is 0. The summed E-state index contributed by atoms with van der Waals surface area (Å²) in [6.45, 7) is 7.38. The van der Waals surface area contributed by atoms with Crippen molar-refractivity contribution in [2.24, 2.45) is 5.92 Å². The van der Waals surface area contributed by atoms with Gasteiger partial charge in [0.2, 0.25) is 0 Å². The van der Waals surface area contributed by atoms with Crippen molar-refractivity contribution in [2.75, 3.05) is 39.6 Å². The lowest BCUT2D eigenvalue weighted by Crippen LogP contribution is -2.30. The molecular formula is C84H164O17P2. The standard InChI is InChI=1S/C84H164O17P2/c1-6-9-12-15-18-21-24-26-28-30-35-39-43-48-53-58-63-68-82(87)95-74-80(101-84(89)70-65-60-55-50-45-41-37-33-32-34-38-42-46-51-56-61-66-77(4)5)76-99-103(92,93)97-72-78(85)71-96-102(90,91)98-75-79(73-94-81(86)67-62-57-52-47-23-20-17-14-11-8-3)100-83(88)69-64-59-54-49-44-40-36-31-29-27-25-22-19-16-13-10-7-2/h77-80,85H,6-76H2,1-5H3,(H,90,91)(H,92,93)/t78-,79+,80+/m0/s1. The smallest absolute Gasteiger partial charge is 0.462 e. The molecule has 103 heavy (non-hydrogen) atoms. The fourth-order valence-electron chi connectivity index (χ4n) is 13.1. The van der Waals surface area contributed by atoms with Crippen LogP contribution in [0.1, 0.15) is 452 Å². The van der Waals surface area contributed by atoms with E-state index in [1.807, 2.05) is 0 Å². The summed E-state index contributed by atoms with van der Waals surface area (Å²) >= 11 is 0. The van der Waals surface area contributed by atoms with Crippen LogP contribution in [-0.2, 0) is 65.4 Å². The molecule has 5 atom stereocenters. The Morgan fingerprint density at radius 2 is 0.447 bits per heavy atom. The van der Waals surface area contributed by atoms with Crippen molar-refractivity contribution in [3.63, 3.8) is 0 Å². The van der Waals surface area contributed by atoms with Crippen LogP contribution in [0, 0.1) is 5.92 Å². The first kappa shape index (κ1) is 101. The van der Waals surface area contributed by atoms with Gasteiger partial charge in [0, 0.05) is 25.7 Å². The number of esters is 4. The van der Waals surface area contributed by atoms with Crippen LogP contribution < -0.4 is 0 Å². The van der Waals surface area contributed by atoms with Crippen molar-refractivity contribution < 1.29 is 80.2 Å². The fourth-order valence-corrected chi connectivity index (χ4v) is 14.7. The molecular weight excluding hydrogens is 1340 g/mol. The molecule has 0 aliphatic carbocycles. The highest BCUT2D eigenvalue weighted by atomic mass is 31.2. The zero-order valence-corrected chi connectivity index (χ0v) is 69.3. The minimum absolute atomic E-state index is 0.109. The lowest BCUT2D eigenvalue weighted by molar-refractivity contribution is -0.161. The third-order valence-electron chi connectivity index (χ3n) is 19.8. The van der Waals surface area contributed by atoms with Gasteiger partial charge in [-0.1, -0.05) is 401 Å². The monoisotopic (exact) mass is 1510 g/mol. The maximum Gasteiger partial charge on any atom is 0.472 e. The Morgan fingerprint density at radius 3 is 0.660 bits per heavy atom. The van der Waals surface area contributed by atoms with E-state index in [-0.39, 0.29) is 25.7 Å². The number of unbranched alkanes of at least 4 members (excludes halogenated alkanes) is 56. The summed E-state index contributed by atoms with van der Waals surface area (Å²) in [6.07, 6.45) is 69.3. The van der Waals surface area contributed by atoms with E-state index in [1.165, 1.54) is 276 Å². The zero-order chi connectivity index (χ0) is 75.5. The number of carbonyl (C=O) groups is 4. The Kier molecular flexibility index (Phi) is 75.4. The molecule has 0 heterocycles. The van der Waals surface area contributed by atoms with E-state index in [0.29, 0.717) is 25.7 Å². The second-order valence-electron chi connectivity index (χ2n) is 30.7. The lowest BCUT2D eigenvalue weighted by atomic mass is 10.0. The Hall–Kier alpha value is -1.94. The van der Waals surface area contributed by atoms with Crippen LogP contribution in [0.5, 0.6) is 0 Å². The Bertz CT molecular complexity index is 1960. The number of hydrogen-bond donors (Lipinski definition) is 3. The summed E-state index contributed by atoms with van der Waals surface area (Å²) < 4.78 is 68.8. The molecule has 0 aliphatic rings. The minimum atomic E-state index is -4.96. The summed E-state index contributed by atoms with van der Waals surface area (Å²) in [4.78, 5) is 73.1. The van der Waals surface area contributed by atoms with Crippen LogP contribution in [0.4, 0.5) is 0 Å². The Morgan fingerprint density at radius 1 is 0.262 bits per heavy atom. The predicted molar refractivity (Wildman–Crippen MR) is 423 cm³/mol. The van der Waals surface area contributed by atoms with Crippen LogP contribution >= 0.6 is 15.6 Å². The van der Waals surface area contributed by atoms with Gasteiger partial charge in [-0.05, 0) is 31.6 Å². The molecule has 0 radical (unpaired) electrons. The largest absolute Gasteiger partial charge is 0.472 e. The summed E-state index contributed by atoms with van der Waals surface area (Å²) in [5, 5.41) is 10.7. The van der Waals surface area contributed by atoms with Gasteiger partial charge in [0.1, 0.15) is 19.3 Å². The second-order valence-corrected chi connectivity index (χ2v) is 33.6. The molecule has 0 amide bonds. The van der Waals surface area contributed by atoms with Gasteiger partial charge in [0.15, 0.2) is 12.2 Å². The van der Waals surface area contributed by atoms with E-state index >= 15 is 0 Å². The van der Waals surface area contributed by atoms with Crippen molar-refractivity contribution >= 4 is 39.5 Å². The Balaban J connectivity index is 5.23. The maximum atomic E-state index is 13.1. The first-order chi connectivity index (χ1) is 50.0. The van der Waals surface area contributed by atoms with Crippen molar-refractivity contribution in [3.8, 4) is 0 Å². The quantitative estimate of drug-likeness (QED) is 0.0222.